The Hall–Kier alpha value is -1.35. The lowest BCUT2D eigenvalue weighted by Gasteiger charge is -2.25. The van der Waals surface area contributed by atoms with Crippen molar-refractivity contribution in [2.75, 3.05) is 18.5 Å². The SMILES string of the molecule is CCc1cccc(CC)c1NC(=O)CC1COC1. The molecule has 1 fully saturated rings. The first-order valence-electron chi connectivity index (χ1n) is 6.73. The van der Waals surface area contributed by atoms with Crippen molar-refractivity contribution >= 4 is 11.6 Å². The Morgan fingerprint density at radius 3 is 2.33 bits per heavy atom. The molecule has 3 heteroatoms. The highest BCUT2D eigenvalue weighted by Gasteiger charge is 2.22. The van der Waals surface area contributed by atoms with E-state index in [1.807, 2.05) is 0 Å². The van der Waals surface area contributed by atoms with Gasteiger partial charge in [0, 0.05) is 18.0 Å². The van der Waals surface area contributed by atoms with Crippen LogP contribution in [-0.2, 0) is 22.4 Å². The predicted molar refractivity (Wildman–Crippen MR) is 72.8 cm³/mol. The van der Waals surface area contributed by atoms with Crippen LogP contribution < -0.4 is 5.32 Å². The van der Waals surface area contributed by atoms with Crippen molar-refractivity contribution in [3.63, 3.8) is 0 Å². The highest BCUT2D eigenvalue weighted by atomic mass is 16.5. The van der Waals surface area contributed by atoms with Gasteiger partial charge in [-0.15, -0.1) is 0 Å². The lowest BCUT2D eigenvalue weighted by atomic mass is 10.0. The zero-order valence-corrected chi connectivity index (χ0v) is 11.2. The molecule has 1 N–H and O–H groups in total. The van der Waals surface area contributed by atoms with Crippen LogP contribution in [0, 0.1) is 5.92 Å². The first kappa shape index (κ1) is 13.1. The summed E-state index contributed by atoms with van der Waals surface area (Å²) in [4.78, 5) is 12.0. The molecule has 0 unspecified atom stereocenters. The third-order valence-corrected chi connectivity index (χ3v) is 3.44. The maximum Gasteiger partial charge on any atom is 0.224 e. The fourth-order valence-electron chi connectivity index (χ4n) is 2.26. The van der Waals surface area contributed by atoms with Crippen molar-refractivity contribution in [3.05, 3.63) is 29.3 Å². The van der Waals surface area contributed by atoms with Crippen LogP contribution in [0.4, 0.5) is 5.69 Å². The number of anilines is 1. The quantitative estimate of drug-likeness (QED) is 0.869. The van der Waals surface area contributed by atoms with Gasteiger partial charge < -0.3 is 10.1 Å². The number of hydrogen-bond acceptors (Lipinski definition) is 2. The number of benzene rings is 1. The van der Waals surface area contributed by atoms with Crippen LogP contribution in [0.2, 0.25) is 0 Å². The minimum absolute atomic E-state index is 0.110. The first-order valence-corrected chi connectivity index (χ1v) is 6.73. The molecule has 1 aromatic rings. The Kier molecular flexibility index (Phi) is 4.37. The normalized spacial score (nSPS) is 15.2. The minimum atomic E-state index is 0.110. The average Bonchev–Trinajstić information content (AvgIpc) is 2.34. The fourth-order valence-corrected chi connectivity index (χ4v) is 2.26. The van der Waals surface area contributed by atoms with Crippen LogP contribution in [0.15, 0.2) is 18.2 Å². The van der Waals surface area contributed by atoms with E-state index in [4.69, 9.17) is 4.74 Å². The minimum Gasteiger partial charge on any atom is -0.381 e. The number of amides is 1. The highest BCUT2D eigenvalue weighted by molar-refractivity contribution is 5.92. The molecule has 1 aromatic carbocycles. The van der Waals surface area contributed by atoms with Gasteiger partial charge in [0.05, 0.1) is 13.2 Å². The molecule has 18 heavy (non-hydrogen) atoms. The fraction of sp³-hybridized carbons (Fsp3) is 0.533. The maximum atomic E-state index is 12.0. The summed E-state index contributed by atoms with van der Waals surface area (Å²) in [6, 6.07) is 6.23. The number of nitrogens with one attached hydrogen (secondary N) is 1. The third-order valence-electron chi connectivity index (χ3n) is 3.44. The summed E-state index contributed by atoms with van der Waals surface area (Å²) in [5, 5.41) is 3.09. The van der Waals surface area contributed by atoms with Gasteiger partial charge in [-0.2, -0.15) is 0 Å². The summed E-state index contributed by atoms with van der Waals surface area (Å²) in [6.45, 7) is 5.68. The second-order valence-corrected chi connectivity index (χ2v) is 4.81. The van der Waals surface area contributed by atoms with Crippen LogP contribution in [-0.4, -0.2) is 19.1 Å². The van der Waals surface area contributed by atoms with Gasteiger partial charge in [-0.25, -0.2) is 0 Å². The molecule has 0 bridgehead atoms. The number of ether oxygens (including phenoxy) is 1. The third kappa shape index (κ3) is 2.91. The van der Waals surface area contributed by atoms with E-state index >= 15 is 0 Å². The van der Waals surface area contributed by atoms with E-state index < -0.39 is 0 Å². The van der Waals surface area contributed by atoms with Gasteiger partial charge >= 0.3 is 0 Å². The molecule has 1 aliphatic rings. The maximum absolute atomic E-state index is 12.0. The molecule has 0 atom stereocenters. The van der Waals surface area contributed by atoms with E-state index in [1.54, 1.807) is 0 Å². The van der Waals surface area contributed by atoms with Gasteiger partial charge in [-0.3, -0.25) is 4.79 Å². The topological polar surface area (TPSA) is 38.3 Å². The Morgan fingerprint density at radius 2 is 1.89 bits per heavy atom. The molecular formula is C15H21NO2. The molecule has 3 nitrogen and oxygen atoms in total. The smallest absolute Gasteiger partial charge is 0.224 e. The number of carbonyl (C=O) groups excluding carboxylic acids is 1. The van der Waals surface area contributed by atoms with E-state index in [-0.39, 0.29) is 5.91 Å². The Bertz CT molecular complexity index is 402. The van der Waals surface area contributed by atoms with Crippen molar-refractivity contribution in [1.29, 1.82) is 0 Å². The zero-order chi connectivity index (χ0) is 13.0. The van der Waals surface area contributed by atoms with Gasteiger partial charge in [0.15, 0.2) is 0 Å². The summed E-state index contributed by atoms with van der Waals surface area (Å²) >= 11 is 0. The number of para-hydroxylation sites is 1. The van der Waals surface area contributed by atoms with Gasteiger partial charge in [-0.05, 0) is 24.0 Å². The zero-order valence-electron chi connectivity index (χ0n) is 11.2. The van der Waals surface area contributed by atoms with Crippen molar-refractivity contribution in [2.45, 2.75) is 33.1 Å². The van der Waals surface area contributed by atoms with Gasteiger partial charge in [-0.1, -0.05) is 32.0 Å². The second kappa shape index (κ2) is 6.01. The molecule has 0 saturated carbocycles. The molecule has 0 aromatic heterocycles. The molecule has 1 amide bonds. The highest BCUT2D eigenvalue weighted by Crippen LogP contribution is 2.23. The van der Waals surface area contributed by atoms with Gasteiger partial charge in [0.2, 0.25) is 5.91 Å². The number of hydrogen-bond donors (Lipinski definition) is 1. The summed E-state index contributed by atoms with van der Waals surface area (Å²) in [5.74, 6) is 0.516. The summed E-state index contributed by atoms with van der Waals surface area (Å²) in [7, 11) is 0. The van der Waals surface area contributed by atoms with E-state index in [0.717, 1.165) is 31.7 Å². The molecule has 1 heterocycles. The lowest BCUT2D eigenvalue weighted by molar-refractivity contribution is -0.121. The van der Waals surface area contributed by atoms with Crippen molar-refractivity contribution in [1.82, 2.24) is 0 Å². The molecule has 0 spiro atoms. The monoisotopic (exact) mass is 247 g/mol. The summed E-state index contributed by atoms with van der Waals surface area (Å²) in [6.07, 6.45) is 2.45. The van der Waals surface area contributed by atoms with Crippen molar-refractivity contribution < 1.29 is 9.53 Å². The Balaban J connectivity index is 2.08. The molecular weight excluding hydrogens is 226 g/mol. The molecule has 1 aliphatic heterocycles. The Labute approximate surface area is 109 Å². The first-order chi connectivity index (χ1) is 8.74. The molecule has 1 saturated heterocycles. The second-order valence-electron chi connectivity index (χ2n) is 4.81. The molecule has 0 radical (unpaired) electrons. The summed E-state index contributed by atoms with van der Waals surface area (Å²) in [5.41, 5.74) is 3.45. The summed E-state index contributed by atoms with van der Waals surface area (Å²) < 4.78 is 5.10. The van der Waals surface area contributed by atoms with Crippen molar-refractivity contribution in [2.24, 2.45) is 5.92 Å². The predicted octanol–water partition coefficient (Wildman–Crippen LogP) is 2.79. The molecule has 0 aliphatic carbocycles. The van der Waals surface area contributed by atoms with Crippen LogP contribution in [0.3, 0.4) is 0 Å². The molecule has 98 valence electrons. The van der Waals surface area contributed by atoms with Gasteiger partial charge in [0.25, 0.3) is 0 Å². The average molecular weight is 247 g/mol. The van der Waals surface area contributed by atoms with Gasteiger partial charge in [0.1, 0.15) is 0 Å². The molecule has 2 rings (SSSR count). The number of rotatable bonds is 5. The largest absolute Gasteiger partial charge is 0.381 e. The van der Waals surface area contributed by atoms with E-state index in [1.165, 1.54) is 11.1 Å². The van der Waals surface area contributed by atoms with Crippen molar-refractivity contribution in [3.8, 4) is 0 Å². The number of carbonyl (C=O) groups is 1. The van der Waals surface area contributed by atoms with Crippen LogP contribution in [0.5, 0.6) is 0 Å². The van der Waals surface area contributed by atoms with E-state index in [2.05, 4.69) is 37.4 Å². The van der Waals surface area contributed by atoms with E-state index in [0.29, 0.717) is 12.3 Å². The standard InChI is InChI=1S/C15H21NO2/c1-3-12-6-5-7-13(4-2)15(12)16-14(17)8-11-9-18-10-11/h5-7,11H,3-4,8-10H2,1-2H3,(H,16,17). The lowest BCUT2D eigenvalue weighted by Crippen LogP contribution is -2.31. The van der Waals surface area contributed by atoms with Crippen LogP contribution in [0.1, 0.15) is 31.4 Å². The van der Waals surface area contributed by atoms with Crippen LogP contribution >= 0.6 is 0 Å². The van der Waals surface area contributed by atoms with E-state index in [9.17, 15) is 4.79 Å². The Morgan fingerprint density at radius 1 is 1.28 bits per heavy atom. The number of aryl methyl sites for hydroxylation is 2. The van der Waals surface area contributed by atoms with Crippen LogP contribution in [0.25, 0.3) is 0 Å².